The summed E-state index contributed by atoms with van der Waals surface area (Å²) in [5, 5.41) is 12.7. The van der Waals surface area contributed by atoms with Crippen LogP contribution in [0.25, 0.3) is 0 Å². The van der Waals surface area contributed by atoms with Gasteiger partial charge in [-0.15, -0.1) is 0 Å². The molecule has 0 saturated heterocycles. The van der Waals surface area contributed by atoms with Crippen molar-refractivity contribution in [2.24, 2.45) is 7.05 Å². The van der Waals surface area contributed by atoms with Crippen molar-refractivity contribution in [2.45, 2.75) is 4.90 Å². The molecule has 92 valence electrons. The lowest BCUT2D eigenvalue weighted by atomic mass is 10.4. The zero-order valence-electron chi connectivity index (χ0n) is 9.40. The Kier molecular flexibility index (Phi) is 2.99. The molecule has 0 radical (unpaired) electrons. The number of nitriles is 1. The number of nitrogens with zero attached hydrogens (tertiary/aromatic N) is 4. The van der Waals surface area contributed by atoms with Gasteiger partial charge in [-0.1, -0.05) is 0 Å². The number of aryl methyl sites for hydroxylation is 1. The lowest BCUT2D eigenvalue weighted by molar-refractivity contribution is 0.600. The third-order valence-electron chi connectivity index (χ3n) is 2.12. The lowest BCUT2D eigenvalue weighted by Crippen LogP contribution is -2.14. The molecule has 0 amide bonds. The molecule has 7 nitrogen and oxygen atoms in total. The van der Waals surface area contributed by atoms with Gasteiger partial charge in [0.15, 0.2) is 5.69 Å². The van der Waals surface area contributed by atoms with E-state index in [1.54, 1.807) is 13.1 Å². The molecule has 0 fully saturated rings. The van der Waals surface area contributed by atoms with E-state index in [0.717, 1.165) is 0 Å². The minimum Gasteiger partial charge on any atom is -0.276 e. The summed E-state index contributed by atoms with van der Waals surface area (Å²) in [5.74, 6) is 0. The zero-order valence-corrected chi connectivity index (χ0v) is 10.2. The SMILES string of the molecule is Cn1cc(NS(=O)(=O)c2cccnc2C#N)cn1. The van der Waals surface area contributed by atoms with E-state index >= 15 is 0 Å². The number of aromatic nitrogens is 3. The van der Waals surface area contributed by atoms with Crippen LogP contribution in [-0.2, 0) is 17.1 Å². The second-order valence-corrected chi connectivity index (χ2v) is 5.12. The van der Waals surface area contributed by atoms with Crippen molar-refractivity contribution < 1.29 is 8.42 Å². The number of hydrogen-bond donors (Lipinski definition) is 1. The predicted octanol–water partition coefficient (Wildman–Crippen LogP) is 0.488. The summed E-state index contributed by atoms with van der Waals surface area (Å²) < 4.78 is 27.9. The van der Waals surface area contributed by atoms with E-state index in [-0.39, 0.29) is 10.6 Å². The Morgan fingerprint density at radius 1 is 1.50 bits per heavy atom. The lowest BCUT2D eigenvalue weighted by Gasteiger charge is -2.06. The highest BCUT2D eigenvalue weighted by molar-refractivity contribution is 7.92. The van der Waals surface area contributed by atoms with Crippen LogP contribution in [0.4, 0.5) is 5.69 Å². The normalized spacial score (nSPS) is 10.9. The Morgan fingerprint density at radius 3 is 2.89 bits per heavy atom. The maximum Gasteiger partial charge on any atom is 0.264 e. The van der Waals surface area contributed by atoms with Crippen LogP contribution < -0.4 is 4.72 Å². The van der Waals surface area contributed by atoms with Gasteiger partial charge in [0.2, 0.25) is 0 Å². The van der Waals surface area contributed by atoms with E-state index < -0.39 is 10.0 Å². The summed E-state index contributed by atoms with van der Waals surface area (Å²) in [6, 6.07) is 4.52. The highest BCUT2D eigenvalue weighted by Gasteiger charge is 2.19. The van der Waals surface area contributed by atoms with Crippen LogP contribution in [0.2, 0.25) is 0 Å². The molecule has 0 aliphatic heterocycles. The molecule has 0 atom stereocenters. The molecule has 0 unspecified atom stereocenters. The Hall–Kier alpha value is -2.40. The van der Waals surface area contributed by atoms with Gasteiger partial charge >= 0.3 is 0 Å². The van der Waals surface area contributed by atoms with Crippen molar-refractivity contribution in [2.75, 3.05) is 4.72 Å². The Morgan fingerprint density at radius 2 is 2.28 bits per heavy atom. The van der Waals surface area contributed by atoms with Crippen LogP contribution in [-0.4, -0.2) is 23.2 Å². The van der Waals surface area contributed by atoms with Crippen LogP contribution in [0.3, 0.4) is 0 Å². The second kappa shape index (κ2) is 4.46. The molecule has 0 spiro atoms. The van der Waals surface area contributed by atoms with Gasteiger partial charge in [0.1, 0.15) is 11.0 Å². The van der Waals surface area contributed by atoms with Crippen LogP contribution in [0.1, 0.15) is 5.69 Å². The van der Waals surface area contributed by atoms with Crippen molar-refractivity contribution in [1.82, 2.24) is 14.8 Å². The number of nitrogens with one attached hydrogen (secondary N) is 1. The van der Waals surface area contributed by atoms with E-state index in [4.69, 9.17) is 5.26 Å². The van der Waals surface area contributed by atoms with Gasteiger partial charge in [-0.25, -0.2) is 13.4 Å². The van der Waals surface area contributed by atoms with Crippen molar-refractivity contribution in [3.05, 3.63) is 36.4 Å². The van der Waals surface area contributed by atoms with Crippen LogP contribution >= 0.6 is 0 Å². The average molecular weight is 263 g/mol. The number of sulfonamides is 1. The number of anilines is 1. The Balaban J connectivity index is 2.40. The summed E-state index contributed by atoms with van der Waals surface area (Å²) in [5.41, 5.74) is 0.180. The standard InChI is InChI=1S/C10H9N5O2S/c1-15-7-8(6-13-15)14-18(16,17)10-3-2-4-12-9(10)5-11/h2-4,6-7,14H,1H3. The second-order valence-electron chi connectivity index (χ2n) is 3.47. The van der Waals surface area contributed by atoms with Gasteiger partial charge in [-0.05, 0) is 12.1 Å². The van der Waals surface area contributed by atoms with Crippen molar-refractivity contribution in [3.8, 4) is 6.07 Å². The molecule has 1 N–H and O–H groups in total. The number of hydrogen-bond acceptors (Lipinski definition) is 5. The quantitative estimate of drug-likeness (QED) is 0.868. The first kappa shape index (κ1) is 12.1. The largest absolute Gasteiger partial charge is 0.276 e. The molecule has 18 heavy (non-hydrogen) atoms. The van der Waals surface area contributed by atoms with E-state index in [2.05, 4.69) is 14.8 Å². The molecule has 2 aromatic heterocycles. The molecule has 0 saturated carbocycles. The molecule has 0 aliphatic carbocycles. The third-order valence-corrected chi connectivity index (χ3v) is 3.54. The van der Waals surface area contributed by atoms with E-state index in [1.165, 1.54) is 35.4 Å². The van der Waals surface area contributed by atoms with Crippen LogP contribution in [0, 0.1) is 11.3 Å². The average Bonchev–Trinajstić information content (AvgIpc) is 2.74. The van der Waals surface area contributed by atoms with E-state index in [9.17, 15) is 8.42 Å². The Labute approximate surface area is 104 Å². The van der Waals surface area contributed by atoms with Gasteiger partial charge in [0.05, 0.1) is 11.9 Å². The van der Waals surface area contributed by atoms with Crippen molar-refractivity contribution in [3.63, 3.8) is 0 Å². The number of pyridine rings is 1. The van der Waals surface area contributed by atoms with Gasteiger partial charge in [-0.2, -0.15) is 10.4 Å². The first-order chi connectivity index (χ1) is 8.53. The highest BCUT2D eigenvalue weighted by Crippen LogP contribution is 2.16. The summed E-state index contributed by atoms with van der Waals surface area (Å²) in [4.78, 5) is 3.55. The zero-order chi connectivity index (χ0) is 13.2. The monoisotopic (exact) mass is 263 g/mol. The molecule has 8 heteroatoms. The minimum atomic E-state index is -3.83. The van der Waals surface area contributed by atoms with E-state index in [1.807, 2.05) is 0 Å². The smallest absolute Gasteiger partial charge is 0.264 e. The molecular formula is C10H9N5O2S. The maximum absolute atomic E-state index is 12.1. The molecule has 0 aliphatic rings. The van der Waals surface area contributed by atoms with Crippen LogP contribution in [0.15, 0.2) is 35.6 Å². The first-order valence-electron chi connectivity index (χ1n) is 4.89. The third kappa shape index (κ3) is 2.31. The maximum atomic E-state index is 12.1. The molecule has 2 rings (SSSR count). The fraction of sp³-hybridized carbons (Fsp3) is 0.100. The summed E-state index contributed by atoms with van der Waals surface area (Å²) >= 11 is 0. The van der Waals surface area contributed by atoms with Gasteiger partial charge in [0.25, 0.3) is 10.0 Å². The summed E-state index contributed by atoms with van der Waals surface area (Å²) in [6.45, 7) is 0. The van der Waals surface area contributed by atoms with Crippen LogP contribution in [0.5, 0.6) is 0 Å². The van der Waals surface area contributed by atoms with Crippen molar-refractivity contribution >= 4 is 15.7 Å². The summed E-state index contributed by atoms with van der Waals surface area (Å²) in [6.07, 6.45) is 4.25. The fourth-order valence-corrected chi connectivity index (χ4v) is 2.51. The minimum absolute atomic E-state index is 0.145. The van der Waals surface area contributed by atoms with Crippen molar-refractivity contribution in [1.29, 1.82) is 5.26 Å². The van der Waals surface area contributed by atoms with Gasteiger partial charge in [0, 0.05) is 19.4 Å². The topological polar surface area (TPSA) is 101 Å². The molecule has 2 aromatic rings. The molecule has 0 aromatic carbocycles. The first-order valence-corrected chi connectivity index (χ1v) is 6.38. The van der Waals surface area contributed by atoms with E-state index in [0.29, 0.717) is 5.69 Å². The van der Waals surface area contributed by atoms with Gasteiger partial charge in [-0.3, -0.25) is 9.40 Å². The van der Waals surface area contributed by atoms with Gasteiger partial charge < -0.3 is 0 Å². The number of rotatable bonds is 3. The predicted molar refractivity (Wildman–Crippen MR) is 63.0 cm³/mol. The molecule has 2 heterocycles. The summed E-state index contributed by atoms with van der Waals surface area (Å²) in [7, 11) is -2.16. The Bertz CT molecular complexity index is 714. The fourth-order valence-electron chi connectivity index (χ4n) is 1.38. The molecule has 0 bridgehead atoms. The molecular weight excluding hydrogens is 254 g/mol. The highest BCUT2D eigenvalue weighted by atomic mass is 32.2.